The third-order valence-electron chi connectivity index (χ3n) is 7.51. The molecular formula is C23H31N5O2. The van der Waals surface area contributed by atoms with E-state index in [-0.39, 0.29) is 18.0 Å². The van der Waals surface area contributed by atoms with Crippen LogP contribution in [0, 0.1) is 30.1 Å². The number of hydrogen-bond donors (Lipinski definition) is 2. The number of hydrogen-bond acceptors (Lipinski definition) is 5. The molecule has 3 aliphatic carbocycles. The fraction of sp³-hybridized carbons (Fsp3) is 0.565. The average Bonchev–Trinajstić information content (AvgIpc) is 2.73. The van der Waals surface area contributed by atoms with Gasteiger partial charge in [-0.25, -0.2) is 4.68 Å². The van der Waals surface area contributed by atoms with Gasteiger partial charge in [-0.15, -0.1) is 0 Å². The van der Waals surface area contributed by atoms with E-state index in [9.17, 15) is 9.59 Å². The number of rotatable bonds is 6. The van der Waals surface area contributed by atoms with Gasteiger partial charge >= 0.3 is 0 Å². The van der Waals surface area contributed by atoms with Crippen molar-refractivity contribution in [2.75, 3.05) is 5.32 Å². The molecule has 0 spiro atoms. The van der Waals surface area contributed by atoms with E-state index in [2.05, 4.69) is 41.5 Å². The minimum Gasteiger partial charge on any atom is -0.380 e. The number of pyridine rings is 1. The van der Waals surface area contributed by atoms with Crippen molar-refractivity contribution >= 4 is 11.6 Å². The van der Waals surface area contributed by atoms with Crippen LogP contribution in [0.25, 0.3) is 0 Å². The van der Waals surface area contributed by atoms with E-state index in [0.29, 0.717) is 29.5 Å². The van der Waals surface area contributed by atoms with Gasteiger partial charge in [-0.1, -0.05) is 20.8 Å². The molecule has 2 aromatic rings. The maximum absolute atomic E-state index is 12.8. The van der Waals surface area contributed by atoms with Crippen molar-refractivity contribution < 1.29 is 4.79 Å². The summed E-state index contributed by atoms with van der Waals surface area (Å²) in [7, 11) is 0. The summed E-state index contributed by atoms with van der Waals surface area (Å²) in [6.45, 7) is 9.18. The molecule has 0 saturated heterocycles. The highest BCUT2D eigenvalue weighted by molar-refractivity contribution is 5.75. The van der Waals surface area contributed by atoms with Crippen molar-refractivity contribution in [3.63, 3.8) is 0 Å². The molecule has 7 heteroatoms. The minimum absolute atomic E-state index is 0.0940. The lowest BCUT2D eigenvalue weighted by Gasteiger charge is -2.62. The Morgan fingerprint density at radius 1 is 1.27 bits per heavy atom. The summed E-state index contributed by atoms with van der Waals surface area (Å²) in [5.74, 6) is 1.79. The van der Waals surface area contributed by atoms with Crippen LogP contribution in [0.2, 0.25) is 0 Å². The smallest absolute Gasteiger partial charge is 0.272 e. The van der Waals surface area contributed by atoms with Crippen LogP contribution in [-0.2, 0) is 17.9 Å². The fourth-order valence-electron chi connectivity index (χ4n) is 5.28. The zero-order valence-electron chi connectivity index (χ0n) is 18.2. The number of nitrogens with zero attached hydrogens (tertiary/aromatic N) is 3. The molecule has 2 heterocycles. The van der Waals surface area contributed by atoms with Crippen LogP contribution in [0.15, 0.2) is 35.5 Å². The van der Waals surface area contributed by atoms with Crippen molar-refractivity contribution in [2.24, 2.45) is 23.2 Å². The highest BCUT2D eigenvalue weighted by Crippen LogP contribution is 2.61. The van der Waals surface area contributed by atoms with E-state index >= 15 is 0 Å². The molecule has 0 unspecified atom stereocenters. The topological polar surface area (TPSA) is 88.9 Å². The number of nitrogens with one attached hydrogen (secondary N) is 2. The molecule has 30 heavy (non-hydrogen) atoms. The van der Waals surface area contributed by atoms with Crippen LogP contribution < -0.4 is 16.2 Å². The second-order valence-corrected chi connectivity index (χ2v) is 9.48. The molecular weight excluding hydrogens is 378 g/mol. The van der Waals surface area contributed by atoms with Crippen LogP contribution in [0.5, 0.6) is 0 Å². The second-order valence-electron chi connectivity index (χ2n) is 9.48. The molecule has 0 aliphatic heterocycles. The number of carbonyl (C=O) groups is 1. The van der Waals surface area contributed by atoms with E-state index in [4.69, 9.17) is 0 Å². The van der Waals surface area contributed by atoms with E-state index in [1.54, 1.807) is 25.5 Å². The van der Waals surface area contributed by atoms with Gasteiger partial charge in [0.2, 0.25) is 5.91 Å². The van der Waals surface area contributed by atoms with Crippen LogP contribution in [0.1, 0.15) is 44.7 Å². The number of aromatic nitrogens is 3. The molecule has 2 aromatic heterocycles. The van der Waals surface area contributed by atoms with Gasteiger partial charge in [0.1, 0.15) is 6.54 Å². The molecule has 1 amide bonds. The predicted octanol–water partition coefficient (Wildman–Crippen LogP) is 2.75. The van der Waals surface area contributed by atoms with Crippen molar-refractivity contribution in [1.29, 1.82) is 0 Å². The predicted molar refractivity (Wildman–Crippen MR) is 116 cm³/mol. The Morgan fingerprint density at radius 2 is 2.00 bits per heavy atom. The average molecular weight is 410 g/mol. The van der Waals surface area contributed by atoms with E-state index in [1.165, 1.54) is 11.1 Å². The lowest BCUT2D eigenvalue weighted by Crippen LogP contribution is -2.58. The maximum atomic E-state index is 12.8. The van der Waals surface area contributed by atoms with Crippen molar-refractivity contribution in [3.8, 4) is 0 Å². The molecule has 5 rings (SSSR count). The van der Waals surface area contributed by atoms with Gasteiger partial charge in [-0.05, 0) is 60.6 Å². The van der Waals surface area contributed by atoms with E-state index < -0.39 is 0 Å². The van der Waals surface area contributed by atoms with Crippen molar-refractivity contribution in [2.45, 2.75) is 59.7 Å². The van der Waals surface area contributed by atoms with Gasteiger partial charge in [0.25, 0.3) is 5.56 Å². The molecule has 2 bridgehead atoms. The molecule has 3 aliphatic rings. The van der Waals surface area contributed by atoms with E-state index in [1.807, 2.05) is 12.1 Å². The molecule has 3 saturated carbocycles. The Labute approximate surface area is 177 Å². The van der Waals surface area contributed by atoms with E-state index in [0.717, 1.165) is 29.5 Å². The standard InChI is InChI=1S/C23H31N5O2/c1-14-18-9-17(23(18,3)4)10-19(14)27-20-12-26-28(22(30)15(20)2)13-21(29)25-11-16-5-7-24-8-6-16/h5-8,12,14,17-19,27H,9-11,13H2,1-4H3,(H,25,29)/t14-,17-,18+,19-/m1/s1. The van der Waals surface area contributed by atoms with Gasteiger partial charge in [0.05, 0.1) is 11.9 Å². The first-order chi connectivity index (χ1) is 14.3. The Balaban J connectivity index is 1.39. The number of fused-ring (bicyclic) bond motifs is 2. The molecule has 3 fully saturated rings. The van der Waals surface area contributed by atoms with Gasteiger partial charge in [0, 0.05) is 30.5 Å². The molecule has 2 N–H and O–H groups in total. The summed E-state index contributed by atoms with van der Waals surface area (Å²) >= 11 is 0. The van der Waals surface area contributed by atoms with Crippen LogP contribution >= 0.6 is 0 Å². The highest BCUT2D eigenvalue weighted by Gasteiger charge is 2.56. The first-order valence-corrected chi connectivity index (χ1v) is 10.8. The zero-order valence-corrected chi connectivity index (χ0v) is 18.2. The van der Waals surface area contributed by atoms with Crippen LogP contribution in [0.4, 0.5) is 5.69 Å². The Bertz CT molecular complexity index is 985. The SMILES string of the molecule is Cc1c(N[C@@H]2C[C@H]3C[C@@H]([C@H]2C)C3(C)C)cnn(CC(=O)NCc2ccncc2)c1=O. The fourth-order valence-corrected chi connectivity index (χ4v) is 5.28. The second kappa shape index (κ2) is 7.85. The maximum Gasteiger partial charge on any atom is 0.272 e. The highest BCUT2D eigenvalue weighted by atomic mass is 16.2. The van der Waals surface area contributed by atoms with Crippen LogP contribution in [-0.4, -0.2) is 26.7 Å². The Morgan fingerprint density at radius 3 is 2.67 bits per heavy atom. The molecule has 0 aromatic carbocycles. The van der Waals surface area contributed by atoms with Crippen LogP contribution in [0.3, 0.4) is 0 Å². The van der Waals surface area contributed by atoms with Gasteiger partial charge in [0.15, 0.2) is 0 Å². The first-order valence-electron chi connectivity index (χ1n) is 10.8. The normalized spacial score (nSPS) is 26.5. The third-order valence-corrected chi connectivity index (χ3v) is 7.51. The summed E-state index contributed by atoms with van der Waals surface area (Å²) in [6.07, 6.45) is 7.50. The first kappa shape index (κ1) is 20.6. The van der Waals surface area contributed by atoms with Gasteiger partial charge in [-0.3, -0.25) is 14.6 Å². The summed E-state index contributed by atoms with van der Waals surface area (Å²) in [6, 6.07) is 4.04. The third kappa shape index (κ3) is 3.73. The number of carbonyl (C=O) groups excluding carboxylic acids is 1. The summed E-state index contributed by atoms with van der Waals surface area (Å²) in [4.78, 5) is 29.0. The van der Waals surface area contributed by atoms with Crippen molar-refractivity contribution in [3.05, 3.63) is 52.2 Å². The lowest BCUT2D eigenvalue weighted by atomic mass is 9.45. The molecule has 160 valence electrons. The van der Waals surface area contributed by atoms with Crippen molar-refractivity contribution in [1.82, 2.24) is 20.1 Å². The Kier molecular flexibility index (Phi) is 5.38. The molecule has 0 radical (unpaired) electrons. The Hall–Kier alpha value is -2.70. The lowest BCUT2D eigenvalue weighted by molar-refractivity contribution is -0.122. The molecule has 4 atom stereocenters. The molecule has 7 nitrogen and oxygen atoms in total. The largest absolute Gasteiger partial charge is 0.380 e. The van der Waals surface area contributed by atoms with Gasteiger partial charge in [-0.2, -0.15) is 5.10 Å². The van der Waals surface area contributed by atoms with Gasteiger partial charge < -0.3 is 10.6 Å². The quantitative estimate of drug-likeness (QED) is 0.766. The summed E-state index contributed by atoms with van der Waals surface area (Å²) in [5.41, 5.74) is 2.55. The summed E-state index contributed by atoms with van der Waals surface area (Å²) in [5, 5.41) is 10.7. The minimum atomic E-state index is -0.246. The summed E-state index contributed by atoms with van der Waals surface area (Å²) < 4.78 is 1.23. The number of anilines is 1. The zero-order chi connectivity index (χ0) is 21.5. The monoisotopic (exact) mass is 409 g/mol. The number of amides is 1.